The number of methoxy groups -OCH3 is 1. The maximum Gasteiger partial charge on any atom is 0.254 e. The van der Waals surface area contributed by atoms with E-state index in [0.717, 1.165) is 15.5 Å². The quantitative estimate of drug-likeness (QED) is 0.733. The van der Waals surface area contributed by atoms with Gasteiger partial charge < -0.3 is 9.64 Å². The van der Waals surface area contributed by atoms with E-state index in [-0.39, 0.29) is 5.91 Å². The summed E-state index contributed by atoms with van der Waals surface area (Å²) in [4.78, 5) is 14.4. The Labute approximate surface area is 131 Å². The molecule has 1 aromatic rings. The van der Waals surface area contributed by atoms with E-state index in [4.69, 9.17) is 4.74 Å². The molecule has 0 heterocycles. The average molecular weight is 393 g/mol. The van der Waals surface area contributed by atoms with Gasteiger partial charge in [-0.05, 0) is 24.1 Å². The molecule has 0 saturated carbocycles. The highest BCUT2D eigenvalue weighted by molar-refractivity contribution is 9.11. The molecule has 0 fully saturated rings. The summed E-state index contributed by atoms with van der Waals surface area (Å²) in [5.74, 6) is 0.462. The molecule has 0 aliphatic heterocycles. The summed E-state index contributed by atoms with van der Waals surface area (Å²) in [6.45, 7) is 6.09. The van der Waals surface area contributed by atoms with Crippen molar-refractivity contribution in [1.82, 2.24) is 4.90 Å². The minimum atomic E-state index is 0.0350. The molecule has 3 nitrogen and oxygen atoms in total. The van der Waals surface area contributed by atoms with Crippen LogP contribution in [0.2, 0.25) is 0 Å². The van der Waals surface area contributed by atoms with Crippen LogP contribution in [0.4, 0.5) is 0 Å². The number of halogens is 2. The third kappa shape index (κ3) is 5.63. The second kappa shape index (κ2) is 8.02. The van der Waals surface area contributed by atoms with E-state index in [1.165, 1.54) is 0 Å². The first kappa shape index (κ1) is 16.7. The first-order chi connectivity index (χ1) is 8.93. The first-order valence-electron chi connectivity index (χ1n) is 6.18. The van der Waals surface area contributed by atoms with Crippen LogP contribution in [-0.4, -0.2) is 37.6 Å². The Balaban J connectivity index is 2.90. The van der Waals surface area contributed by atoms with Crippen LogP contribution in [0.1, 0.15) is 24.2 Å². The second-order valence-corrected chi connectivity index (χ2v) is 6.63. The van der Waals surface area contributed by atoms with E-state index in [2.05, 4.69) is 45.7 Å². The Morgan fingerprint density at radius 2 is 1.84 bits per heavy atom. The van der Waals surface area contributed by atoms with Gasteiger partial charge in [-0.25, -0.2) is 0 Å². The smallest absolute Gasteiger partial charge is 0.254 e. The lowest BCUT2D eigenvalue weighted by atomic mass is 10.1. The van der Waals surface area contributed by atoms with Crippen LogP contribution < -0.4 is 0 Å². The Hall–Kier alpha value is -0.390. The van der Waals surface area contributed by atoms with Gasteiger partial charge in [0.1, 0.15) is 0 Å². The molecule has 0 unspecified atom stereocenters. The second-order valence-electron chi connectivity index (χ2n) is 4.80. The number of amides is 1. The molecule has 5 heteroatoms. The van der Waals surface area contributed by atoms with E-state index in [0.29, 0.717) is 24.6 Å². The number of carbonyl (C=O) groups is 1. The number of hydrogen-bond acceptors (Lipinski definition) is 2. The average Bonchev–Trinajstić information content (AvgIpc) is 2.32. The molecule has 0 spiro atoms. The molecular weight excluding hydrogens is 374 g/mol. The molecule has 1 aromatic carbocycles. The summed E-state index contributed by atoms with van der Waals surface area (Å²) < 4.78 is 6.86. The largest absolute Gasteiger partial charge is 0.383 e. The van der Waals surface area contributed by atoms with E-state index in [1.54, 1.807) is 7.11 Å². The van der Waals surface area contributed by atoms with Gasteiger partial charge in [-0.2, -0.15) is 0 Å². The van der Waals surface area contributed by atoms with Crippen molar-refractivity contribution in [2.45, 2.75) is 13.8 Å². The van der Waals surface area contributed by atoms with Crippen molar-refractivity contribution in [2.24, 2.45) is 5.92 Å². The lowest BCUT2D eigenvalue weighted by molar-refractivity contribution is 0.0672. The Morgan fingerprint density at radius 1 is 1.26 bits per heavy atom. The molecule has 0 atom stereocenters. The summed E-state index contributed by atoms with van der Waals surface area (Å²) in [5, 5.41) is 0. The van der Waals surface area contributed by atoms with Crippen LogP contribution >= 0.6 is 31.9 Å². The molecule has 0 saturated heterocycles. The minimum Gasteiger partial charge on any atom is -0.383 e. The van der Waals surface area contributed by atoms with E-state index >= 15 is 0 Å². The minimum absolute atomic E-state index is 0.0350. The monoisotopic (exact) mass is 391 g/mol. The van der Waals surface area contributed by atoms with Crippen molar-refractivity contribution in [3.05, 3.63) is 32.7 Å². The van der Waals surface area contributed by atoms with Crippen LogP contribution in [0, 0.1) is 5.92 Å². The third-order valence-corrected chi connectivity index (χ3v) is 3.46. The SMILES string of the molecule is COCCN(CC(C)C)C(=O)c1cc(Br)cc(Br)c1. The highest BCUT2D eigenvalue weighted by Gasteiger charge is 2.17. The Morgan fingerprint density at radius 3 is 2.32 bits per heavy atom. The summed E-state index contributed by atoms with van der Waals surface area (Å²) in [7, 11) is 1.65. The molecule has 0 aliphatic rings. The molecule has 19 heavy (non-hydrogen) atoms. The van der Waals surface area contributed by atoms with Gasteiger partial charge in [0, 0.05) is 34.7 Å². The topological polar surface area (TPSA) is 29.5 Å². The highest BCUT2D eigenvalue weighted by atomic mass is 79.9. The van der Waals surface area contributed by atoms with Crippen molar-refractivity contribution in [1.29, 1.82) is 0 Å². The van der Waals surface area contributed by atoms with E-state index in [9.17, 15) is 4.79 Å². The lowest BCUT2D eigenvalue weighted by Crippen LogP contribution is -2.36. The van der Waals surface area contributed by atoms with Gasteiger partial charge in [-0.3, -0.25) is 4.79 Å². The van der Waals surface area contributed by atoms with Crippen LogP contribution in [0.15, 0.2) is 27.1 Å². The number of rotatable bonds is 6. The van der Waals surface area contributed by atoms with Crippen molar-refractivity contribution in [2.75, 3.05) is 26.8 Å². The maximum absolute atomic E-state index is 12.5. The van der Waals surface area contributed by atoms with Gasteiger partial charge in [0.25, 0.3) is 5.91 Å². The molecule has 0 radical (unpaired) electrons. The van der Waals surface area contributed by atoms with Crippen LogP contribution in [-0.2, 0) is 4.74 Å². The van der Waals surface area contributed by atoms with Gasteiger partial charge >= 0.3 is 0 Å². The molecule has 0 bridgehead atoms. The zero-order valence-corrected chi connectivity index (χ0v) is 14.6. The lowest BCUT2D eigenvalue weighted by Gasteiger charge is -2.24. The first-order valence-corrected chi connectivity index (χ1v) is 7.77. The number of hydrogen-bond donors (Lipinski definition) is 0. The Kier molecular flexibility index (Phi) is 7.04. The number of ether oxygens (including phenoxy) is 1. The number of carbonyl (C=O) groups excluding carboxylic acids is 1. The predicted octanol–water partition coefficient (Wildman–Crippen LogP) is 3.96. The summed E-state index contributed by atoms with van der Waals surface area (Å²) in [6, 6.07) is 5.60. The normalized spacial score (nSPS) is 10.8. The van der Waals surface area contributed by atoms with E-state index in [1.807, 2.05) is 23.1 Å². The van der Waals surface area contributed by atoms with Crippen molar-refractivity contribution < 1.29 is 9.53 Å². The van der Waals surface area contributed by atoms with Crippen LogP contribution in [0.3, 0.4) is 0 Å². The highest BCUT2D eigenvalue weighted by Crippen LogP contribution is 2.21. The molecule has 0 aliphatic carbocycles. The molecule has 0 N–H and O–H groups in total. The van der Waals surface area contributed by atoms with Crippen molar-refractivity contribution in [3.8, 4) is 0 Å². The van der Waals surface area contributed by atoms with Crippen molar-refractivity contribution in [3.63, 3.8) is 0 Å². The summed E-state index contributed by atoms with van der Waals surface area (Å²) in [5.41, 5.74) is 0.679. The van der Waals surface area contributed by atoms with Crippen molar-refractivity contribution >= 4 is 37.8 Å². The molecule has 1 rings (SSSR count). The fourth-order valence-electron chi connectivity index (χ4n) is 1.78. The maximum atomic E-state index is 12.5. The zero-order valence-electron chi connectivity index (χ0n) is 11.5. The van der Waals surface area contributed by atoms with E-state index < -0.39 is 0 Å². The predicted molar refractivity (Wildman–Crippen MR) is 84.5 cm³/mol. The summed E-state index contributed by atoms with van der Waals surface area (Å²) >= 11 is 6.82. The number of nitrogens with zero attached hydrogens (tertiary/aromatic N) is 1. The fourth-order valence-corrected chi connectivity index (χ4v) is 3.07. The standard InChI is InChI=1S/C14H19Br2NO2/c1-10(2)9-17(4-5-19-3)14(18)11-6-12(15)8-13(16)7-11/h6-8,10H,4-5,9H2,1-3H3. The summed E-state index contributed by atoms with van der Waals surface area (Å²) in [6.07, 6.45) is 0. The molecule has 1 amide bonds. The van der Waals surface area contributed by atoms with Crippen LogP contribution in [0.5, 0.6) is 0 Å². The molecule has 106 valence electrons. The van der Waals surface area contributed by atoms with Gasteiger partial charge in [0.15, 0.2) is 0 Å². The molecule has 0 aromatic heterocycles. The molecular formula is C14H19Br2NO2. The van der Waals surface area contributed by atoms with Crippen LogP contribution in [0.25, 0.3) is 0 Å². The van der Waals surface area contributed by atoms with Gasteiger partial charge in [0.05, 0.1) is 6.61 Å². The van der Waals surface area contributed by atoms with Gasteiger partial charge in [-0.15, -0.1) is 0 Å². The zero-order chi connectivity index (χ0) is 14.4. The van der Waals surface area contributed by atoms with Gasteiger partial charge in [0.2, 0.25) is 0 Å². The Bertz CT molecular complexity index is 415. The number of benzene rings is 1. The van der Waals surface area contributed by atoms with Gasteiger partial charge in [-0.1, -0.05) is 45.7 Å². The third-order valence-electron chi connectivity index (χ3n) is 2.55. The fraction of sp³-hybridized carbons (Fsp3) is 0.500.